The first kappa shape index (κ1) is 114. The molecule has 0 bridgehead atoms. The van der Waals surface area contributed by atoms with E-state index in [0.717, 1.165) is 65.2 Å². The highest BCUT2D eigenvalue weighted by Gasteiger charge is 2.60. The van der Waals surface area contributed by atoms with Gasteiger partial charge in [0.25, 0.3) is 0 Å². The van der Waals surface area contributed by atoms with Gasteiger partial charge in [0.2, 0.25) is 17.7 Å². The molecule has 7 fully saturated rings. The van der Waals surface area contributed by atoms with Gasteiger partial charge in [-0.2, -0.15) is 0 Å². The summed E-state index contributed by atoms with van der Waals surface area (Å²) in [5.41, 5.74) is 0. The zero-order valence-electron chi connectivity index (χ0n) is 76.5. The molecule has 0 aromatic rings. The third-order valence-corrected chi connectivity index (χ3v) is 25.5. The van der Waals surface area contributed by atoms with Crippen molar-refractivity contribution >= 4 is 17.7 Å². The van der Waals surface area contributed by atoms with E-state index in [1.165, 1.54) is 155 Å². The van der Waals surface area contributed by atoms with Crippen LogP contribution in [0.4, 0.5) is 0 Å². The average molecular weight is 1880 g/mol. The predicted molar refractivity (Wildman–Crippen MR) is 462 cm³/mol. The number of nitrogens with one attached hydrogen (secondary N) is 3. The largest absolute Gasteiger partial charge is 0.394 e. The Labute approximate surface area is 763 Å². The molecule has 37 atom stereocenters. The van der Waals surface area contributed by atoms with Crippen LogP contribution in [-0.4, -0.2) is 393 Å². The zero-order valence-corrected chi connectivity index (χ0v) is 76.5. The molecular weight excluding hydrogens is 1710 g/mol. The fraction of sp³-hybridized carbons (Fsp3) is 0.922. The number of aliphatic hydroxyl groups is 20. The van der Waals surface area contributed by atoms with Crippen molar-refractivity contribution in [2.45, 2.75) is 480 Å². The van der Waals surface area contributed by atoms with E-state index >= 15 is 0 Å². The van der Waals surface area contributed by atoms with E-state index in [0.29, 0.717) is 12.8 Å². The third kappa shape index (κ3) is 34.8. The minimum Gasteiger partial charge on any atom is -0.394 e. The van der Waals surface area contributed by atoms with Crippen molar-refractivity contribution in [2.75, 3.05) is 46.2 Å². The topological polar surface area (TPSA) is 621 Å². The maximum absolute atomic E-state index is 13.7. The number of amides is 3. The highest BCUT2D eigenvalue weighted by molar-refractivity contribution is 5.76. The molecule has 758 valence electrons. The van der Waals surface area contributed by atoms with Crippen molar-refractivity contribution in [3.8, 4) is 0 Å². The fourth-order valence-electron chi connectivity index (χ4n) is 17.6. The second kappa shape index (κ2) is 61.1. The Morgan fingerprint density at radius 3 is 1.05 bits per heavy atom. The monoisotopic (exact) mass is 1880 g/mol. The minimum atomic E-state index is -2.37. The standard InChI is InChI=1S/C90H161N3O37/c1-6-8-10-12-14-16-18-20-21-22-23-24-25-26-27-28-29-31-33-35-37-39-41-43-62(103)93-54(55(102)42-40-38-36-34-32-30-19-17-15-13-11-9-7-2)50-117-86-75(114)73(112)78(61(49-99)124-86)125-88-76(115)81(69(108)59(47-97)121-88)128-84-63(91-52(4)100)79(67(106)57(45-95)119-84)126-89-77(116)82(70(109)60(48-98)122-89)129-85-64(92-53(5)101)80(68(107)58(46-96)120-85)127-90-83(72(111)66(105)56(44-94)123-90)130-87-74(113)71(110)65(104)51(3)118-87/h20-21,40,42,51,54-61,63-90,94-99,102,104-116H,6-19,22-39,41,43-50H2,1-5H3,(H,91,100)(H,92,101)(H,93,103)/b21-20-,42-40+/t51?,54-,55+,56?,57?,58?,59?,60?,61?,63?,64?,65+,66-,67+,68+,69-,70-,71?,72-,73+,74-,75?,76?,77?,78+,79+,80+,81-,82-,83?,84-,85-,86+,87+,88-,89-,90-/m0/s1. The minimum absolute atomic E-state index is 0.157. The lowest BCUT2D eigenvalue weighted by molar-refractivity contribution is -0.391. The SMILES string of the molecule is CCCCCCCC/C=C\CCCCCCCCCCCCCCCC(=O)N[C@@H](CO[C@@H]1OC(CO)[C@@H](O[C@@H]2OC(CO)[C@H](O)[C@H](O[C@@H]3OC(CO)[C@@H](O)[C@H](O[C@@H]4OC(CO)[C@H](O)[C@H](O[C@@H]5OC(CO)[C@@H](O)[C@H](O[C@@H]6OC(CO)[C@H](O)[C@H](O)C6O[C@H]6OC(C)[C@@H](O)C(O)[C@@H]6O)C5NC(C)=O)C4O)C3NC(C)=O)C2O)[C@H](O)C1O)[C@H](O)/C=C/CCCCCCCCCCCCC. The van der Waals surface area contributed by atoms with E-state index < -0.39 is 285 Å². The van der Waals surface area contributed by atoms with Crippen LogP contribution in [0.1, 0.15) is 253 Å². The second-order valence-corrected chi connectivity index (χ2v) is 35.9. The Bertz CT molecular complexity index is 3110. The Morgan fingerprint density at radius 1 is 0.315 bits per heavy atom. The molecular formula is C90H161N3O37. The molecule has 0 aromatic carbocycles. The van der Waals surface area contributed by atoms with Crippen molar-refractivity contribution in [2.24, 2.45) is 0 Å². The first-order chi connectivity index (χ1) is 62.5. The van der Waals surface area contributed by atoms with Crippen molar-refractivity contribution in [1.82, 2.24) is 16.0 Å². The summed E-state index contributed by atoms with van der Waals surface area (Å²) < 4.78 is 83.8. The average Bonchev–Trinajstić information content (AvgIpc) is 0.763. The summed E-state index contributed by atoms with van der Waals surface area (Å²) in [5, 5.41) is 233. The van der Waals surface area contributed by atoms with Crippen LogP contribution in [0.3, 0.4) is 0 Å². The highest BCUT2D eigenvalue weighted by atomic mass is 16.8. The van der Waals surface area contributed by atoms with Crippen LogP contribution in [0.5, 0.6) is 0 Å². The van der Waals surface area contributed by atoms with Crippen molar-refractivity contribution in [1.29, 1.82) is 0 Å². The molecule has 7 aliphatic heterocycles. The number of hydrogen-bond donors (Lipinski definition) is 23. The molecule has 7 heterocycles. The summed E-state index contributed by atoms with van der Waals surface area (Å²) in [6.45, 7) is 0.962. The zero-order chi connectivity index (χ0) is 94.9. The van der Waals surface area contributed by atoms with E-state index in [4.69, 9.17) is 66.3 Å². The van der Waals surface area contributed by atoms with E-state index in [2.05, 4.69) is 41.9 Å². The Hall–Kier alpha value is -3.47. The van der Waals surface area contributed by atoms with Crippen LogP contribution in [0.25, 0.3) is 0 Å². The molecule has 0 aromatic heterocycles. The molecule has 14 unspecified atom stereocenters. The smallest absolute Gasteiger partial charge is 0.220 e. The second-order valence-electron chi connectivity index (χ2n) is 35.9. The molecule has 0 saturated carbocycles. The number of allylic oxidation sites excluding steroid dienone is 3. The molecule has 0 spiro atoms. The van der Waals surface area contributed by atoms with Gasteiger partial charge >= 0.3 is 0 Å². The van der Waals surface area contributed by atoms with Gasteiger partial charge in [-0.05, 0) is 51.9 Å². The number of ether oxygens (including phenoxy) is 14. The molecule has 23 N–H and O–H groups in total. The number of carbonyl (C=O) groups excluding carboxylic acids is 3. The lowest BCUT2D eigenvalue weighted by Crippen LogP contribution is -2.71. The Balaban J connectivity index is 0.989. The Kier molecular flexibility index (Phi) is 53.3. The summed E-state index contributed by atoms with van der Waals surface area (Å²) in [6, 6.07) is -4.89. The molecule has 7 saturated heterocycles. The number of hydrogen-bond acceptors (Lipinski definition) is 37. The number of unbranched alkanes of at least 4 members (excludes halogenated alkanes) is 30. The first-order valence-corrected chi connectivity index (χ1v) is 48.0. The molecule has 40 nitrogen and oxygen atoms in total. The van der Waals surface area contributed by atoms with Gasteiger partial charge in [0.1, 0.15) is 165 Å². The van der Waals surface area contributed by atoms with Crippen LogP contribution in [-0.2, 0) is 80.7 Å². The maximum atomic E-state index is 13.7. The third-order valence-electron chi connectivity index (χ3n) is 25.5. The van der Waals surface area contributed by atoms with E-state index in [9.17, 15) is 117 Å². The molecule has 40 heteroatoms. The quantitative estimate of drug-likeness (QED) is 0.0265. The van der Waals surface area contributed by atoms with Gasteiger partial charge in [-0.1, -0.05) is 205 Å². The van der Waals surface area contributed by atoms with Gasteiger partial charge in [-0.25, -0.2) is 0 Å². The van der Waals surface area contributed by atoms with E-state index in [1.807, 2.05) is 6.08 Å². The number of aliphatic hydroxyl groups excluding tert-OH is 20. The van der Waals surface area contributed by atoms with Crippen LogP contribution in [0, 0.1) is 0 Å². The van der Waals surface area contributed by atoms with Crippen molar-refractivity contribution in [3.05, 3.63) is 24.3 Å². The van der Waals surface area contributed by atoms with Gasteiger partial charge in [-0.15, -0.1) is 0 Å². The summed E-state index contributed by atoms with van der Waals surface area (Å²) in [6.07, 6.45) is -19.8. The van der Waals surface area contributed by atoms with Crippen LogP contribution in [0.2, 0.25) is 0 Å². The predicted octanol–water partition coefficient (Wildman–Crippen LogP) is -0.675. The molecule has 130 heavy (non-hydrogen) atoms. The van der Waals surface area contributed by atoms with E-state index in [-0.39, 0.29) is 12.3 Å². The molecule has 0 aliphatic carbocycles. The molecule has 7 aliphatic rings. The van der Waals surface area contributed by atoms with E-state index in [1.54, 1.807) is 6.08 Å². The summed E-state index contributed by atoms with van der Waals surface area (Å²) in [5.74, 6) is -2.19. The molecule has 0 radical (unpaired) electrons. The Morgan fingerprint density at radius 2 is 0.631 bits per heavy atom. The van der Waals surface area contributed by atoms with Crippen molar-refractivity contribution in [3.63, 3.8) is 0 Å². The summed E-state index contributed by atoms with van der Waals surface area (Å²) in [7, 11) is 0. The van der Waals surface area contributed by atoms with Gasteiger partial charge in [0.05, 0.1) is 64.5 Å². The van der Waals surface area contributed by atoms with Gasteiger partial charge in [0.15, 0.2) is 44.0 Å². The van der Waals surface area contributed by atoms with Gasteiger partial charge in [-0.3, -0.25) is 14.4 Å². The molecule has 7 rings (SSSR count). The normalized spacial score (nSPS) is 37.3. The van der Waals surface area contributed by atoms with Crippen LogP contribution >= 0.6 is 0 Å². The van der Waals surface area contributed by atoms with Crippen molar-refractivity contribution < 1.29 is 183 Å². The van der Waals surface area contributed by atoms with Crippen LogP contribution in [0.15, 0.2) is 24.3 Å². The lowest BCUT2D eigenvalue weighted by atomic mass is 9.93. The van der Waals surface area contributed by atoms with Gasteiger partial charge < -0.3 is 184 Å². The first-order valence-electron chi connectivity index (χ1n) is 48.0. The fourth-order valence-corrected chi connectivity index (χ4v) is 17.6. The lowest BCUT2D eigenvalue weighted by Gasteiger charge is -2.51. The summed E-state index contributed by atoms with van der Waals surface area (Å²) >= 11 is 0. The van der Waals surface area contributed by atoms with Gasteiger partial charge in [0, 0.05) is 20.3 Å². The maximum Gasteiger partial charge on any atom is 0.220 e. The van der Waals surface area contributed by atoms with Crippen LogP contribution < -0.4 is 16.0 Å². The number of carbonyl (C=O) groups is 3. The summed E-state index contributed by atoms with van der Waals surface area (Å²) in [4.78, 5) is 40.1. The highest BCUT2D eigenvalue weighted by Crippen LogP contribution is 2.40. The number of rotatable bonds is 61. The molecule has 3 amide bonds.